The molecule has 1 saturated carbocycles. The first-order chi connectivity index (χ1) is 13.2. The Hall–Kier alpha value is -3.07. The molecule has 0 radical (unpaired) electrons. The van der Waals surface area contributed by atoms with E-state index in [1.165, 1.54) is 22.3 Å². The standard InChI is InChI=1S/C24H23O3/c1-25-19-10-4-16(5-11-19)22-23(17-6-12-20(26-2)13-7-17)24(22)18-8-14-21(27-3)15-9-18/h4-15,22-23H,1-3H3/q+1. The summed E-state index contributed by atoms with van der Waals surface area (Å²) in [5.74, 6) is 3.38. The molecule has 2 aromatic carbocycles. The normalized spacial score (nSPS) is 20.6. The number of ether oxygens (including phenoxy) is 2. The molecule has 0 saturated heterocycles. The highest BCUT2D eigenvalue weighted by atomic mass is 16.5. The molecule has 4 rings (SSSR count). The van der Waals surface area contributed by atoms with Crippen LogP contribution in [0.2, 0.25) is 0 Å². The molecule has 2 aliphatic rings. The SMILES string of the molecule is COc1ccc(C2C(=C3C=CC(=[O+]C)C=C3)C2c2ccc(OC)cc2)cc1. The maximum atomic E-state index is 5.31. The molecule has 0 spiro atoms. The molecule has 0 N–H and O–H groups in total. The Kier molecular flexibility index (Phi) is 4.68. The molecule has 3 nitrogen and oxygen atoms in total. The summed E-state index contributed by atoms with van der Waals surface area (Å²) < 4.78 is 15.9. The minimum atomic E-state index is 0.373. The van der Waals surface area contributed by atoms with Crippen LogP contribution in [0.5, 0.6) is 11.5 Å². The first-order valence-corrected chi connectivity index (χ1v) is 9.04. The van der Waals surface area contributed by atoms with Crippen molar-refractivity contribution < 1.29 is 13.9 Å². The van der Waals surface area contributed by atoms with Gasteiger partial charge >= 0.3 is 5.78 Å². The molecule has 1 fully saturated rings. The largest absolute Gasteiger partial charge is 0.497 e. The first kappa shape index (κ1) is 17.3. The lowest BCUT2D eigenvalue weighted by Crippen LogP contribution is -1.95. The average Bonchev–Trinajstić information content (AvgIpc) is 3.49. The number of ketones is 1. The Bertz CT molecular complexity index is 871. The number of hydrogen-bond donors (Lipinski definition) is 0. The highest BCUT2D eigenvalue weighted by Gasteiger charge is 2.47. The summed E-state index contributed by atoms with van der Waals surface area (Å²) in [6.07, 6.45) is 8.34. The van der Waals surface area contributed by atoms with Crippen LogP contribution in [0, 0.1) is 0 Å². The van der Waals surface area contributed by atoms with Crippen molar-refractivity contribution in [1.82, 2.24) is 0 Å². The van der Waals surface area contributed by atoms with Gasteiger partial charge in [0.05, 0.1) is 14.2 Å². The van der Waals surface area contributed by atoms with Crippen molar-refractivity contribution in [3.8, 4) is 11.5 Å². The van der Waals surface area contributed by atoms with Gasteiger partial charge in [0.15, 0.2) is 0 Å². The van der Waals surface area contributed by atoms with Gasteiger partial charge in [0.1, 0.15) is 11.5 Å². The third-order valence-corrected chi connectivity index (χ3v) is 5.27. The molecule has 2 unspecified atom stereocenters. The van der Waals surface area contributed by atoms with E-state index in [0.29, 0.717) is 11.8 Å². The first-order valence-electron chi connectivity index (χ1n) is 9.04. The Morgan fingerprint density at radius 3 is 1.48 bits per heavy atom. The second-order valence-electron chi connectivity index (χ2n) is 6.69. The summed E-state index contributed by atoms with van der Waals surface area (Å²) in [7, 11) is 5.09. The quantitative estimate of drug-likeness (QED) is 0.738. The zero-order chi connectivity index (χ0) is 18.8. The van der Waals surface area contributed by atoms with E-state index in [2.05, 4.69) is 36.4 Å². The van der Waals surface area contributed by atoms with E-state index in [1.54, 1.807) is 21.3 Å². The van der Waals surface area contributed by atoms with Gasteiger partial charge in [-0.2, -0.15) is 0 Å². The van der Waals surface area contributed by atoms with Crippen LogP contribution < -0.4 is 9.47 Å². The summed E-state index contributed by atoms with van der Waals surface area (Å²) in [5.41, 5.74) is 5.32. The van der Waals surface area contributed by atoms with Crippen LogP contribution in [0.4, 0.5) is 0 Å². The van der Waals surface area contributed by atoms with Gasteiger partial charge in [-0.1, -0.05) is 24.3 Å². The highest BCUT2D eigenvalue weighted by molar-refractivity contribution is 6.01. The van der Waals surface area contributed by atoms with Crippen molar-refractivity contribution in [3.05, 3.63) is 95.1 Å². The molecule has 0 aliphatic heterocycles. The molecule has 0 heterocycles. The Labute approximate surface area is 159 Å². The molecule has 27 heavy (non-hydrogen) atoms. The molecule has 0 bridgehead atoms. The van der Waals surface area contributed by atoms with Gasteiger partial charge in [-0.05, 0) is 58.7 Å². The number of carbonyl (C=O) groups excluding carboxylic acids is 1. The van der Waals surface area contributed by atoms with Gasteiger partial charge in [-0.25, -0.2) is 0 Å². The highest BCUT2D eigenvalue weighted by Crippen LogP contribution is 2.62. The number of benzene rings is 2. The molecule has 2 aliphatic carbocycles. The van der Waals surface area contributed by atoms with Gasteiger partial charge < -0.3 is 9.47 Å². The second kappa shape index (κ2) is 7.28. The van der Waals surface area contributed by atoms with Crippen molar-refractivity contribution in [2.24, 2.45) is 0 Å². The van der Waals surface area contributed by atoms with Crippen LogP contribution in [-0.4, -0.2) is 27.1 Å². The van der Waals surface area contributed by atoms with E-state index in [0.717, 1.165) is 17.3 Å². The van der Waals surface area contributed by atoms with Gasteiger partial charge in [-0.3, -0.25) is 4.42 Å². The van der Waals surface area contributed by atoms with E-state index in [-0.39, 0.29) is 0 Å². The lowest BCUT2D eigenvalue weighted by Gasteiger charge is -2.04. The van der Waals surface area contributed by atoms with E-state index >= 15 is 0 Å². The zero-order valence-electron chi connectivity index (χ0n) is 15.8. The predicted octanol–water partition coefficient (Wildman–Crippen LogP) is 4.74. The summed E-state index contributed by atoms with van der Waals surface area (Å²) in [6.45, 7) is 0. The number of hydrogen-bond acceptors (Lipinski definition) is 2. The Morgan fingerprint density at radius 1 is 0.667 bits per heavy atom. The van der Waals surface area contributed by atoms with Crippen molar-refractivity contribution in [1.29, 1.82) is 0 Å². The van der Waals surface area contributed by atoms with Crippen LogP contribution in [0.1, 0.15) is 23.0 Å². The fourth-order valence-electron chi connectivity index (χ4n) is 3.77. The van der Waals surface area contributed by atoms with Gasteiger partial charge in [0.2, 0.25) is 0 Å². The van der Waals surface area contributed by atoms with Gasteiger partial charge in [0, 0.05) is 24.0 Å². The molecule has 0 amide bonds. The molecule has 2 aromatic rings. The van der Waals surface area contributed by atoms with Gasteiger partial charge in [0.25, 0.3) is 7.11 Å². The summed E-state index contributed by atoms with van der Waals surface area (Å²) in [6, 6.07) is 16.8. The minimum absolute atomic E-state index is 0.373. The maximum Gasteiger partial charge on any atom is 0.343 e. The monoisotopic (exact) mass is 359 g/mol. The summed E-state index contributed by atoms with van der Waals surface area (Å²) in [4.78, 5) is 0. The van der Waals surface area contributed by atoms with E-state index in [4.69, 9.17) is 13.9 Å². The van der Waals surface area contributed by atoms with E-state index in [9.17, 15) is 0 Å². The second-order valence-corrected chi connectivity index (χ2v) is 6.69. The summed E-state index contributed by atoms with van der Waals surface area (Å²) in [5, 5.41) is 0. The average molecular weight is 359 g/mol. The molecule has 2 atom stereocenters. The zero-order valence-corrected chi connectivity index (χ0v) is 15.8. The lowest BCUT2D eigenvalue weighted by molar-refractivity contribution is -0.417. The Balaban J connectivity index is 1.73. The van der Waals surface area contributed by atoms with Crippen molar-refractivity contribution in [2.75, 3.05) is 21.3 Å². The molecule has 3 heteroatoms. The summed E-state index contributed by atoms with van der Waals surface area (Å²) >= 11 is 0. The maximum absolute atomic E-state index is 5.31. The van der Waals surface area contributed by atoms with Crippen LogP contribution in [0.25, 0.3) is 0 Å². The van der Waals surface area contributed by atoms with Crippen molar-refractivity contribution in [2.45, 2.75) is 11.8 Å². The number of methoxy groups -OCH3 is 2. The third kappa shape index (κ3) is 3.33. The molecular weight excluding hydrogens is 336 g/mol. The van der Waals surface area contributed by atoms with Crippen LogP contribution in [-0.2, 0) is 4.42 Å². The molecular formula is C24H23O3+. The number of rotatable bonds is 4. The fraction of sp³-hybridized carbons (Fsp3) is 0.208. The van der Waals surface area contributed by atoms with Crippen molar-refractivity contribution >= 4 is 5.78 Å². The lowest BCUT2D eigenvalue weighted by atomic mass is 10.0. The van der Waals surface area contributed by atoms with Crippen LogP contribution in [0.15, 0.2) is 84.0 Å². The van der Waals surface area contributed by atoms with Crippen LogP contribution in [0.3, 0.4) is 0 Å². The van der Waals surface area contributed by atoms with Gasteiger partial charge in [-0.15, -0.1) is 0 Å². The van der Waals surface area contributed by atoms with Crippen LogP contribution >= 0.6 is 0 Å². The minimum Gasteiger partial charge on any atom is -0.497 e. The van der Waals surface area contributed by atoms with Crippen molar-refractivity contribution in [3.63, 3.8) is 0 Å². The smallest absolute Gasteiger partial charge is 0.343 e. The van der Waals surface area contributed by atoms with E-state index in [1.807, 2.05) is 36.4 Å². The molecule has 136 valence electrons. The fourth-order valence-corrected chi connectivity index (χ4v) is 3.77. The topological polar surface area (TPSA) is 29.8 Å². The number of allylic oxidation sites excluding steroid dienone is 6. The third-order valence-electron chi connectivity index (χ3n) is 5.27. The Morgan fingerprint density at radius 2 is 1.11 bits per heavy atom. The molecule has 0 aromatic heterocycles. The predicted molar refractivity (Wildman–Crippen MR) is 108 cm³/mol. The van der Waals surface area contributed by atoms with E-state index < -0.39 is 0 Å².